The summed E-state index contributed by atoms with van der Waals surface area (Å²) in [6.07, 6.45) is 3.07. The van der Waals surface area contributed by atoms with Crippen LogP contribution < -0.4 is 10.0 Å². The maximum Gasteiger partial charge on any atom is 0.261 e. The van der Waals surface area contributed by atoms with Gasteiger partial charge in [0.05, 0.1) is 15.9 Å². The predicted octanol–water partition coefficient (Wildman–Crippen LogP) is 4.34. The fourth-order valence-electron chi connectivity index (χ4n) is 4.21. The lowest BCUT2D eigenvalue weighted by Crippen LogP contribution is -2.42. The molecule has 10 heteroatoms. The molecule has 0 bridgehead atoms. The maximum absolute atomic E-state index is 12.6. The van der Waals surface area contributed by atoms with Crippen LogP contribution in [0.1, 0.15) is 31.9 Å². The van der Waals surface area contributed by atoms with Gasteiger partial charge in [-0.25, -0.2) is 16.8 Å². The predicted molar refractivity (Wildman–Crippen MR) is 150 cm³/mol. The van der Waals surface area contributed by atoms with Gasteiger partial charge in [-0.2, -0.15) is 0 Å². The lowest BCUT2D eigenvalue weighted by molar-refractivity contribution is 0.158. The highest BCUT2D eigenvalue weighted by Crippen LogP contribution is 2.24. The molecular weight excluding hydrogens is 522 g/mol. The zero-order valence-electron chi connectivity index (χ0n) is 21.6. The van der Waals surface area contributed by atoms with Gasteiger partial charge in [0.1, 0.15) is 0 Å². The fourth-order valence-corrected chi connectivity index (χ4v) is 5.93. The van der Waals surface area contributed by atoms with Gasteiger partial charge in [-0.1, -0.05) is 30.3 Å². The third-order valence-corrected chi connectivity index (χ3v) is 9.01. The summed E-state index contributed by atoms with van der Waals surface area (Å²) in [7, 11) is -6.99. The van der Waals surface area contributed by atoms with Crippen LogP contribution in [-0.2, 0) is 26.4 Å². The molecule has 202 valence electrons. The first-order chi connectivity index (χ1) is 17.8. The highest BCUT2D eigenvalue weighted by atomic mass is 32.2. The number of aryl methyl sites for hydroxylation is 1. The van der Waals surface area contributed by atoms with E-state index in [4.69, 9.17) is 0 Å². The summed E-state index contributed by atoms with van der Waals surface area (Å²) in [4.78, 5) is 0.469. The SMILES string of the molecule is CC(C)(CCn1ccc2cc(S(C)(=O)=O)ccc21)NC[C@H](O)c1cccc(NS(=O)(=O)c2ccccc2)c1. The highest BCUT2D eigenvalue weighted by molar-refractivity contribution is 7.92. The Morgan fingerprint density at radius 3 is 2.34 bits per heavy atom. The van der Waals surface area contributed by atoms with Gasteiger partial charge in [0, 0.05) is 47.7 Å². The van der Waals surface area contributed by atoms with Crippen molar-refractivity contribution in [2.75, 3.05) is 17.5 Å². The number of β-amino-alcohol motifs (C(OH)–C–C–N with tert-alkyl or cyclic N) is 1. The van der Waals surface area contributed by atoms with E-state index in [2.05, 4.69) is 28.5 Å². The van der Waals surface area contributed by atoms with E-state index in [0.717, 1.165) is 17.3 Å². The minimum Gasteiger partial charge on any atom is -0.387 e. The summed E-state index contributed by atoms with van der Waals surface area (Å²) in [5.41, 5.74) is 1.63. The average Bonchev–Trinajstić information content (AvgIpc) is 3.28. The molecule has 0 saturated carbocycles. The molecule has 3 N–H and O–H groups in total. The van der Waals surface area contributed by atoms with Crippen LogP contribution in [0.15, 0.2) is 94.9 Å². The summed E-state index contributed by atoms with van der Waals surface area (Å²) >= 11 is 0. The molecule has 3 aromatic carbocycles. The standard InChI is InChI=1S/C28H33N3O5S2/c1-28(2,15-17-31-16-14-21-19-25(37(3,33)34)12-13-26(21)31)29-20-27(32)22-8-7-9-23(18-22)30-38(35,36)24-10-5-4-6-11-24/h4-14,16,18-19,27,29-30,32H,15,17,20H2,1-3H3/t27-/m0/s1. The molecular formula is C28H33N3O5S2. The van der Waals surface area contributed by atoms with Crippen molar-refractivity contribution in [1.29, 1.82) is 0 Å². The summed E-state index contributed by atoms with van der Waals surface area (Å²) in [6.45, 7) is 5.09. The van der Waals surface area contributed by atoms with Crippen molar-refractivity contribution < 1.29 is 21.9 Å². The number of sulfone groups is 1. The van der Waals surface area contributed by atoms with Crippen molar-refractivity contribution >= 4 is 36.5 Å². The number of aliphatic hydroxyl groups is 1. The molecule has 4 aromatic rings. The van der Waals surface area contributed by atoms with Crippen LogP contribution in [0.5, 0.6) is 0 Å². The van der Waals surface area contributed by atoms with Gasteiger partial charge in [0.25, 0.3) is 10.0 Å². The second kappa shape index (κ2) is 10.9. The Balaban J connectivity index is 1.36. The van der Waals surface area contributed by atoms with E-state index >= 15 is 0 Å². The molecule has 8 nitrogen and oxygen atoms in total. The molecule has 0 fully saturated rings. The van der Waals surface area contributed by atoms with E-state index in [0.29, 0.717) is 22.7 Å². The molecule has 38 heavy (non-hydrogen) atoms. The van der Waals surface area contributed by atoms with Crippen molar-refractivity contribution in [2.24, 2.45) is 0 Å². The Kier molecular flexibility index (Phi) is 7.98. The average molecular weight is 556 g/mol. The third kappa shape index (κ3) is 6.82. The minimum atomic E-state index is -3.73. The fraction of sp³-hybridized carbons (Fsp3) is 0.286. The number of benzene rings is 3. The van der Waals surface area contributed by atoms with Gasteiger partial charge >= 0.3 is 0 Å². The first-order valence-corrected chi connectivity index (χ1v) is 15.6. The van der Waals surface area contributed by atoms with E-state index < -0.39 is 26.0 Å². The molecule has 0 aliphatic rings. The number of sulfonamides is 1. The van der Waals surface area contributed by atoms with Crippen LogP contribution in [0.4, 0.5) is 5.69 Å². The van der Waals surface area contributed by atoms with Crippen LogP contribution in [0.25, 0.3) is 10.9 Å². The lowest BCUT2D eigenvalue weighted by Gasteiger charge is -2.28. The van der Waals surface area contributed by atoms with Crippen LogP contribution >= 0.6 is 0 Å². The Hall–Kier alpha value is -3.18. The summed E-state index contributed by atoms with van der Waals surface area (Å²) < 4.78 is 53.6. The van der Waals surface area contributed by atoms with E-state index in [-0.39, 0.29) is 17.0 Å². The number of anilines is 1. The Bertz CT molecular complexity index is 1630. The number of hydrogen-bond donors (Lipinski definition) is 3. The third-order valence-electron chi connectivity index (χ3n) is 6.50. The molecule has 0 saturated heterocycles. The van der Waals surface area contributed by atoms with E-state index in [1.807, 2.05) is 18.3 Å². The minimum absolute atomic E-state index is 0.167. The lowest BCUT2D eigenvalue weighted by atomic mass is 9.99. The van der Waals surface area contributed by atoms with Crippen molar-refractivity contribution in [3.8, 4) is 0 Å². The van der Waals surface area contributed by atoms with Crippen LogP contribution in [0.3, 0.4) is 0 Å². The summed E-state index contributed by atoms with van der Waals surface area (Å²) in [6, 6.07) is 21.9. The molecule has 1 atom stereocenters. The second-order valence-electron chi connectivity index (χ2n) is 10.1. The molecule has 0 spiro atoms. The van der Waals surface area contributed by atoms with Gasteiger partial charge in [-0.3, -0.25) is 4.72 Å². The first kappa shape index (κ1) is 27.8. The van der Waals surface area contributed by atoms with Crippen molar-refractivity contribution in [1.82, 2.24) is 9.88 Å². The monoisotopic (exact) mass is 555 g/mol. The smallest absolute Gasteiger partial charge is 0.261 e. The Labute approximate surface area is 224 Å². The zero-order chi connectivity index (χ0) is 27.6. The summed E-state index contributed by atoms with van der Waals surface area (Å²) in [5, 5.41) is 15.1. The quantitative estimate of drug-likeness (QED) is 0.254. The Morgan fingerprint density at radius 1 is 0.895 bits per heavy atom. The van der Waals surface area contributed by atoms with E-state index in [9.17, 15) is 21.9 Å². The molecule has 0 aliphatic carbocycles. The van der Waals surface area contributed by atoms with Gasteiger partial charge in [0.15, 0.2) is 9.84 Å². The zero-order valence-corrected chi connectivity index (χ0v) is 23.3. The van der Waals surface area contributed by atoms with Crippen molar-refractivity contribution in [3.05, 3.63) is 90.6 Å². The van der Waals surface area contributed by atoms with Gasteiger partial charge in [0.2, 0.25) is 0 Å². The molecule has 4 rings (SSSR count). The number of nitrogens with one attached hydrogen (secondary N) is 2. The van der Waals surface area contributed by atoms with E-state index in [1.54, 1.807) is 54.6 Å². The molecule has 1 aromatic heterocycles. The molecule has 0 amide bonds. The summed E-state index contributed by atoms with van der Waals surface area (Å²) in [5.74, 6) is 0. The van der Waals surface area contributed by atoms with Gasteiger partial charge < -0.3 is 15.0 Å². The number of nitrogens with zero attached hydrogens (tertiary/aromatic N) is 1. The van der Waals surface area contributed by atoms with Gasteiger partial charge in [-0.15, -0.1) is 0 Å². The largest absolute Gasteiger partial charge is 0.387 e. The maximum atomic E-state index is 12.6. The van der Waals surface area contributed by atoms with Gasteiger partial charge in [-0.05, 0) is 74.4 Å². The first-order valence-electron chi connectivity index (χ1n) is 12.2. The van der Waals surface area contributed by atoms with Crippen molar-refractivity contribution in [3.63, 3.8) is 0 Å². The highest BCUT2D eigenvalue weighted by Gasteiger charge is 2.21. The van der Waals surface area contributed by atoms with E-state index in [1.165, 1.54) is 18.4 Å². The Morgan fingerprint density at radius 2 is 1.63 bits per heavy atom. The number of rotatable bonds is 11. The van der Waals surface area contributed by atoms with Crippen LogP contribution in [0.2, 0.25) is 0 Å². The van der Waals surface area contributed by atoms with Crippen LogP contribution in [-0.4, -0.2) is 44.8 Å². The molecule has 0 aliphatic heterocycles. The van der Waals surface area contributed by atoms with Crippen molar-refractivity contribution in [2.45, 2.75) is 48.2 Å². The normalized spacial score (nSPS) is 13.5. The topological polar surface area (TPSA) is 118 Å². The molecule has 0 radical (unpaired) electrons. The second-order valence-corrected chi connectivity index (χ2v) is 13.8. The number of aliphatic hydroxyl groups excluding tert-OH is 1. The number of fused-ring (bicyclic) bond motifs is 1. The van der Waals surface area contributed by atoms with Crippen LogP contribution in [0, 0.1) is 0 Å². The number of hydrogen-bond acceptors (Lipinski definition) is 6. The molecule has 1 heterocycles. The number of aromatic nitrogens is 1. The molecule has 0 unspecified atom stereocenters.